The van der Waals surface area contributed by atoms with Crippen molar-refractivity contribution in [2.24, 2.45) is 0 Å². The van der Waals surface area contributed by atoms with Gasteiger partial charge < -0.3 is 5.11 Å². The van der Waals surface area contributed by atoms with Gasteiger partial charge in [0, 0.05) is 11.3 Å². The van der Waals surface area contributed by atoms with Crippen molar-refractivity contribution in [2.45, 2.75) is 38.2 Å². The zero-order valence-corrected chi connectivity index (χ0v) is 10.2. The molecule has 1 heterocycles. The molecule has 0 saturated heterocycles. The van der Waals surface area contributed by atoms with Gasteiger partial charge in [0.05, 0.1) is 10.4 Å². The largest absolute Gasteiger partial charge is 0.389 e. The lowest BCUT2D eigenvalue weighted by Crippen LogP contribution is -2.00. The Morgan fingerprint density at radius 1 is 1.40 bits per heavy atom. The number of rotatable bonds is 2. The molecule has 1 atom stereocenters. The zero-order chi connectivity index (χ0) is 10.7. The van der Waals surface area contributed by atoms with E-state index < -0.39 is 0 Å². The van der Waals surface area contributed by atoms with E-state index in [9.17, 15) is 5.11 Å². The highest BCUT2D eigenvalue weighted by Crippen LogP contribution is 2.27. The highest BCUT2D eigenvalue weighted by atomic mass is 35.5. The minimum absolute atomic E-state index is 0.238. The summed E-state index contributed by atoms with van der Waals surface area (Å²) in [5, 5.41) is 9.64. The van der Waals surface area contributed by atoms with Gasteiger partial charge in [0.15, 0.2) is 0 Å². The van der Waals surface area contributed by atoms with Crippen molar-refractivity contribution in [3.63, 3.8) is 0 Å². The second-order valence-corrected chi connectivity index (χ2v) is 5.82. The minimum Gasteiger partial charge on any atom is -0.389 e. The molecule has 0 spiro atoms. The van der Waals surface area contributed by atoms with Gasteiger partial charge in [-0.2, -0.15) is 0 Å². The second-order valence-electron chi connectivity index (χ2n) is 4.02. The lowest BCUT2D eigenvalue weighted by molar-refractivity contribution is 0.211. The quantitative estimate of drug-likeness (QED) is 0.782. The van der Waals surface area contributed by atoms with E-state index in [2.05, 4.69) is 6.07 Å². The standard InChI is InChI=1S/C12H15ClOS/c13-12-6-5-11(15-12)8-9-3-1-2-4-10(14)7-9/h5-7,10,14H,1-4,8H2. The molecule has 1 aliphatic carbocycles. The molecule has 1 aromatic heterocycles. The van der Waals surface area contributed by atoms with Gasteiger partial charge in [-0.15, -0.1) is 11.3 Å². The van der Waals surface area contributed by atoms with E-state index in [-0.39, 0.29) is 6.10 Å². The molecule has 1 nitrogen and oxygen atoms in total. The summed E-state index contributed by atoms with van der Waals surface area (Å²) in [4.78, 5) is 1.29. The van der Waals surface area contributed by atoms with Gasteiger partial charge in [-0.3, -0.25) is 0 Å². The molecule has 0 amide bonds. The molecule has 1 unspecified atom stereocenters. The Morgan fingerprint density at radius 2 is 2.27 bits per heavy atom. The van der Waals surface area contributed by atoms with Crippen LogP contribution < -0.4 is 0 Å². The first-order valence-electron chi connectivity index (χ1n) is 5.36. The number of allylic oxidation sites excluding steroid dienone is 1. The van der Waals surface area contributed by atoms with Gasteiger partial charge in [-0.05, 0) is 31.4 Å². The van der Waals surface area contributed by atoms with Crippen molar-refractivity contribution in [2.75, 3.05) is 0 Å². The van der Waals surface area contributed by atoms with Crippen LogP contribution in [0.2, 0.25) is 4.34 Å². The smallest absolute Gasteiger partial charge is 0.0931 e. The van der Waals surface area contributed by atoms with Crippen molar-refractivity contribution in [3.8, 4) is 0 Å². The van der Waals surface area contributed by atoms with Gasteiger partial charge in [0.2, 0.25) is 0 Å². The maximum absolute atomic E-state index is 9.64. The summed E-state index contributed by atoms with van der Waals surface area (Å²) in [6.07, 6.45) is 7.10. The van der Waals surface area contributed by atoms with Gasteiger partial charge in [0.1, 0.15) is 0 Å². The van der Waals surface area contributed by atoms with Crippen LogP contribution in [0.1, 0.15) is 30.6 Å². The fourth-order valence-electron chi connectivity index (χ4n) is 1.96. The Kier molecular flexibility index (Phi) is 3.84. The Labute approximate surface area is 99.4 Å². The lowest BCUT2D eigenvalue weighted by Gasteiger charge is -2.04. The average Bonchev–Trinajstić information content (AvgIpc) is 2.46. The predicted molar refractivity (Wildman–Crippen MR) is 65.6 cm³/mol. The molecule has 3 heteroatoms. The van der Waals surface area contributed by atoms with Crippen LogP contribution in [0.4, 0.5) is 0 Å². The fourth-order valence-corrected chi connectivity index (χ4v) is 3.10. The molecule has 82 valence electrons. The van der Waals surface area contributed by atoms with E-state index in [1.807, 2.05) is 12.1 Å². The first-order chi connectivity index (χ1) is 7.24. The van der Waals surface area contributed by atoms with Gasteiger partial charge >= 0.3 is 0 Å². The number of thiophene rings is 1. The molecule has 0 aromatic carbocycles. The van der Waals surface area contributed by atoms with Crippen molar-refractivity contribution in [3.05, 3.63) is 33.0 Å². The number of halogens is 1. The number of hydrogen-bond acceptors (Lipinski definition) is 2. The summed E-state index contributed by atoms with van der Waals surface area (Å²) < 4.78 is 0.847. The second kappa shape index (κ2) is 5.15. The summed E-state index contributed by atoms with van der Waals surface area (Å²) in [6.45, 7) is 0. The Morgan fingerprint density at radius 3 is 3.00 bits per heavy atom. The van der Waals surface area contributed by atoms with Crippen molar-refractivity contribution >= 4 is 22.9 Å². The van der Waals surface area contributed by atoms with Crippen LogP contribution in [0.5, 0.6) is 0 Å². The molecular weight excluding hydrogens is 228 g/mol. The van der Waals surface area contributed by atoms with Crippen LogP contribution in [0.25, 0.3) is 0 Å². The van der Waals surface area contributed by atoms with Crippen molar-refractivity contribution in [1.29, 1.82) is 0 Å². The molecule has 0 saturated carbocycles. The molecule has 0 aliphatic heterocycles. The van der Waals surface area contributed by atoms with Crippen molar-refractivity contribution < 1.29 is 5.11 Å². The van der Waals surface area contributed by atoms with E-state index in [1.165, 1.54) is 16.9 Å². The summed E-state index contributed by atoms with van der Waals surface area (Å²) >= 11 is 7.52. The molecular formula is C12H15ClOS. The lowest BCUT2D eigenvalue weighted by atomic mass is 10.1. The van der Waals surface area contributed by atoms with E-state index >= 15 is 0 Å². The van der Waals surface area contributed by atoms with Crippen LogP contribution in [0.3, 0.4) is 0 Å². The molecule has 0 bridgehead atoms. The molecule has 2 rings (SSSR count). The summed E-state index contributed by atoms with van der Waals surface area (Å²) in [5.74, 6) is 0. The minimum atomic E-state index is -0.238. The molecule has 1 aromatic rings. The predicted octanol–water partition coefficient (Wildman–Crippen LogP) is 3.81. The van der Waals surface area contributed by atoms with Gasteiger partial charge in [-0.25, -0.2) is 0 Å². The molecule has 1 aliphatic rings. The Hall–Kier alpha value is -0.310. The number of hydrogen-bond donors (Lipinski definition) is 1. The third-order valence-electron chi connectivity index (χ3n) is 2.71. The maximum atomic E-state index is 9.64. The van der Waals surface area contributed by atoms with E-state index in [0.717, 1.165) is 30.0 Å². The Bertz CT molecular complexity index is 356. The topological polar surface area (TPSA) is 20.2 Å². The normalized spacial score (nSPS) is 22.3. The zero-order valence-electron chi connectivity index (χ0n) is 8.58. The summed E-state index contributed by atoms with van der Waals surface area (Å²) in [5.41, 5.74) is 1.36. The van der Waals surface area contributed by atoms with Crippen LogP contribution in [0.15, 0.2) is 23.8 Å². The fraction of sp³-hybridized carbons (Fsp3) is 0.500. The summed E-state index contributed by atoms with van der Waals surface area (Å²) in [7, 11) is 0. The summed E-state index contributed by atoms with van der Waals surface area (Å²) in [6, 6.07) is 4.01. The molecule has 1 N–H and O–H groups in total. The third-order valence-corrected chi connectivity index (χ3v) is 3.94. The van der Waals surface area contributed by atoms with Crippen LogP contribution in [-0.2, 0) is 6.42 Å². The highest BCUT2D eigenvalue weighted by Gasteiger charge is 2.10. The molecule has 0 radical (unpaired) electrons. The Balaban J connectivity index is 2.04. The van der Waals surface area contributed by atoms with Gasteiger partial charge in [-0.1, -0.05) is 29.7 Å². The first-order valence-corrected chi connectivity index (χ1v) is 6.55. The van der Waals surface area contributed by atoms with Crippen LogP contribution in [0, 0.1) is 0 Å². The van der Waals surface area contributed by atoms with Gasteiger partial charge in [0.25, 0.3) is 0 Å². The maximum Gasteiger partial charge on any atom is 0.0931 e. The monoisotopic (exact) mass is 242 g/mol. The van der Waals surface area contributed by atoms with E-state index in [1.54, 1.807) is 11.3 Å². The SMILES string of the molecule is OC1C=C(Cc2ccc(Cl)s2)CCCC1. The third kappa shape index (κ3) is 3.33. The van der Waals surface area contributed by atoms with E-state index in [0.29, 0.717) is 0 Å². The van der Waals surface area contributed by atoms with Crippen LogP contribution >= 0.6 is 22.9 Å². The highest BCUT2D eigenvalue weighted by molar-refractivity contribution is 7.16. The number of aliphatic hydroxyl groups excluding tert-OH is 1. The average molecular weight is 243 g/mol. The molecule has 0 fully saturated rings. The van der Waals surface area contributed by atoms with Crippen LogP contribution in [-0.4, -0.2) is 11.2 Å². The number of aliphatic hydroxyl groups is 1. The first kappa shape index (κ1) is 11.2. The van der Waals surface area contributed by atoms with Crippen molar-refractivity contribution in [1.82, 2.24) is 0 Å². The molecule has 15 heavy (non-hydrogen) atoms. The van der Waals surface area contributed by atoms with E-state index in [4.69, 9.17) is 11.6 Å².